The van der Waals surface area contributed by atoms with Crippen LogP contribution in [0.1, 0.15) is 12.0 Å². The van der Waals surface area contributed by atoms with Crippen LogP contribution in [0.3, 0.4) is 0 Å². The molecule has 0 aliphatic carbocycles. The third-order valence-electron chi connectivity index (χ3n) is 5.04. The van der Waals surface area contributed by atoms with Gasteiger partial charge in [0.2, 0.25) is 0 Å². The molecule has 3 aromatic rings. The first-order valence-electron chi connectivity index (χ1n) is 10.3. The zero-order chi connectivity index (χ0) is 21.2. The molecule has 4 nitrogen and oxygen atoms in total. The maximum Gasteiger partial charge on any atom is 0.118 e. The maximum atomic E-state index is 13.8. The van der Waals surface area contributed by atoms with Crippen LogP contribution in [0.25, 0.3) is 0 Å². The number of hydrogen-bond acceptors (Lipinski definition) is 4. The van der Waals surface area contributed by atoms with Crippen molar-refractivity contribution >= 4 is 9.73 Å². The topological polar surface area (TPSA) is 41.9 Å². The van der Waals surface area contributed by atoms with Gasteiger partial charge in [-0.15, -0.1) is 0 Å². The van der Waals surface area contributed by atoms with Crippen molar-refractivity contribution in [3.63, 3.8) is 0 Å². The van der Waals surface area contributed by atoms with Crippen LogP contribution in [0.4, 0.5) is 0 Å². The number of nitrogens with zero attached hydrogens (tertiary/aromatic N) is 2. The maximum absolute atomic E-state index is 13.8. The van der Waals surface area contributed by atoms with E-state index in [0.717, 1.165) is 41.5 Å². The van der Waals surface area contributed by atoms with Gasteiger partial charge in [-0.2, -0.15) is 0 Å². The molecule has 0 aromatic heterocycles. The van der Waals surface area contributed by atoms with Gasteiger partial charge in [-0.05, 0) is 68.4 Å². The summed E-state index contributed by atoms with van der Waals surface area (Å²) in [5, 5.41) is 0. The largest absolute Gasteiger partial charge is 0.497 e. The van der Waals surface area contributed by atoms with Crippen molar-refractivity contribution in [2.45, 2.75) is 22.6 Å². The fraction of sp³-hybridized carbons (Fsp3) is 0.280. The number of methoxy groups -OCH3 is 1. The molecule has 0 bridgehead atoms. The number of hydrogen-bond donors (Lipinski definition) is 0. The summed E-state index contributed by atoms with van der Waals surface area (Å²) in [6, 6.07) is 27.4. The van der Waals surface area contributed by atoms with Gasteiger partial charge < -0.3 is 9.64 Å². The van der Waals surface area contributed by atoms with E-state index < -0.39 is 9.73 Å². The van der Waals surface area contributed by atoms with Crippen molar-refractivity contribution in [2.75, 3.05) is 33.8 Å². The summed E-state index contributed by atoms with van der Waals surface area (Å²) >= 11 is 0. The molecule has 0 saturated carbocycles. The molecular weight excluding hydrogens is 392 g/mol. The summed E-state index contributed by atoms with van der Waals surface area (Å²) in [6.07, 6.45) is 1.86. The number of rotatable bonds is 10. The zero-order valence-electron chi connectivity index (χ0n) is 17.7. The van der Waals surface area contributed by atoms with Crippen molar-refractivity contribution < 1.29 is 8.95 Å². The fourth-order valence-corrected chi connectivity index (χ4v) is 5.26. The molecule has 3 rings (SSSR count). The van der Waals surface area contributed by atoms with Crippen LogP contribution in [0.15, 0.2) is 99.1 Å². The van der Waals surface area contributed by atoms with Gasteiger partial charge in [-0.1, -0.05) is 48.5 Å². The van der Waals surface area contributed by atoms with Gasteiger partial charge in [-0.3, -0.25) is 0 Å². The molecule has 158 valence electrons. The second-order valence-corrected chi connectivity index (χ2v) is 9.51. The molecule has 0 aliphatic heterocycles. The van der Waals surface area contributed by atoms with Crippen molar-refractivity contribution in [1.82, 2.24) is 4.90 Å². The summed E-state index contributed by atoms with van der Waals surface area (Å²) < 4.78 is 23.7. The third kappa shape index (κ3) is 5.94. The predicted molar refractivity (Wildman–Crippen MR) is 124 cm³/mol. The lowest BCUT2D eigenvalue weighted by atomic mass is 10.1. The summed E-state index contributed by atoms with van der Waals surface area (Å²) in [6.45, 7) is 2.45. The Morgan fingerprint density at radius 3 is 1.93 bits per heavy atom. The zero-order valence-corrected chi connectivity index (χ0v) is 18.6. The first kappa shape index (κ1) is 22.1. The minimum absolute atomic E-state index is 0.565. The van der Waals surface area contributed by atoms with Gasteiger partial charge in [-0.25, -0.2) is 8.57 Å². The Hall–Kier alpha value is -2.63. The van der Waals surface area contributed by atoms with Crippen molar-refractivity contribution in [3.05, 3.63) is 90.5 Å². The fourth-order valence-electron chi connectivity index (χ4n) is 3.25. The summed E-state index contributed by atoms with van der Waals surface area (Å²) in [4.78, 5) is 3.83. The van der Waals surface area contributed by atoms with Crippen LogP contribution in [-0.4, -0.2) is 42.9 Å². The van der Waals surface area contributed by atoms with Crippen molar-refractivity contribution in [3.8, 4) is 5.75 Å². The van der Waals surface area contributed by atoms with E-state index in [4.69, 9.17) is 9.10 Å². The van der Waals surface area contributed by atoms with E-state index in [1.807, 2.05) is 72.8 Å². The van der Waals surface area contributed by atoms with Gasteiger partial charge >= 0.3 is 0 Å². The minimum Gasteiger partial charge on any atom is -0.497 e. The molecule has 0 N–H and O–H groups in total. The molecule has 0 fully saturated rings. The van der Waals surface area contributed by atoms with E-state index in [0.29, 0.717) is 6.54 Å². The van der Waals surface area contributed by atoms with Gasteiger partial charge in [0.05, 0.1) is 23.4 Å². The SMILES string of the molecule is COc1ccc(CCN(C)CCCN=S(=O)(c2ccccc2)c2ccccc2)cc1. The molecule has 0 saturated heterocycles. The van der Waals surface area contributed by atoms with E-state index in [9.17, 15) is 4.21 Å². The standard InChI is InChI=1S/C25H30N2O2S/c1-27(21-18-22-14-16-23(29-2)17-15-22)20-9-19-26-30(28,24-10-5-3-6-11-24)25-12-7-4-8-13-25/h3-8,10-17H,9,18-21H2,1-2H3. The highest BCUT2D eigenvalue weighted by Crippen LogP contribution is 2.23. The Kier molecular flexibility index (Phi) is 8.05. The van der Waals surface area contributed by atoms with Crippen LogP contribution in [0.5, 0.6) is 5.75 Å². The van der Waals surface area contributed by atoms with E-state index in [1.54, 1.807) is 7.11 Å². The molecule has 5 heteroatoms. The Labute approximate surface area is 180 Å². The molecule has 0 unspecified atom stereocenters. The van der Waals surface area contributed by atoms with Crippen LogP contribution < -0.4 is 4.74 Å². The van der Waals surface area contributed by atoms with Crippen LogP contribution in [0.2, 0.25) is 0 Å². The number of benzene rings is 3. The lowest BCUT2D eigenvalue weighted by Crippen LogP contribution is -2.23. The second-order valence-electron chi connectivity index (χ2n) is 7.26. The van der Waals surface area contributed by atoms with Crippen LogP contribution in [-0.2, 0) is 16.1 Å². The van der Waals surface area contributed by atoms with Crippen molar-refractivity contribution in [1.29, 1.82) is 0 Å². The van der Waals surface area contributed by atoms with Crippen LogP contribution in [0, 0.1) is 0 Å². The predicted octanol–water partition coefficient (Wildman–Crippen LogP) is 5.15. The first-order chi connectivity index (χ1) is 14.6. The molecule has 0 spiro atoms. The number of likely N-dealkylation sites (N-methyl/N-ethyl adjacent to an activating group) is 1. The average Bonchev–Trinajstić information content (AvgIpc) is 2.82. The van der Waals surface area contributed by atoms with Crippen molar-refractivity contribution in [2.24, 2.45) is 4.36 Å². The Bertz CT molecular complexity index is 967. The van der Waals surface area contributed by atoms with E-state index in [-0.39, 0.29) is 0 Å². The molecule has 3 aromatic carbocycles. The normalized spacial score (nSPS) is 11.4. The summed E-state index contributed by atoms with van der Waals surface area (Å²) in [5.74, 6) is 0.883. The summed E-state index contributed by atoms with van der Waals surface area (Å²) in [5.41, 5.74) is 1.29. The third-order valence-corrected chi connectivity index (χ3v) is 7.41. The molecule has 0 amide bonds. The average molecular weight is 423 g/mol. The van der Waals surface area contributed by atoms with E-state index in [1.165, 1.54) is 5.56 Å². The quantitative estimate of drug-likeness (QED) is 0.425. The monoisotopic (exact) mass is 422 g/mol. The van der Waals surface area contributed by atoms with E-state index in [2.05, 4.69) is 24.1 Å². The van der Waals surface area contributed by atoms with Gasteiger partial charge in [0, 0.05) is 6.54 Å². The van der Waals surface area contributed by atoms with Gasteiger partial charge in [0.15, 0.2) is 0 Å². The smallest absolute Gasteiger partial charge is 0.118 e. The molecule has 30 heavy (non-hydrogen) atoms. The highest BCUT2D eigenvalue weighted by molar-refractivity contribution is 7.93. The Morgan fingerprint density at radius 2 is 1.40 bits per heavy atom. The Balaban J connectivity index is 1.58. The molecule has 0 atom stereocenters. The van der Waals surface area contributed by atoms with E-state index >= 15 is 0 Å². The number of ether oxygens (including phenoxy) is 1. The molecular formula is C25H30N2O2S. The first-order valence-corrected chi connectivity index (χ1v) is 11.8. The lowest BCUT2D eigenvalue weighted by molar-refractivity contribution is 0.336. The summed E-state index contributed by atoms with van der Waals surface area (Å²) in [7, 11) is 1.19. The minimum atomic E-state index is -2.61. The van der Waals surface area contributed by atoms with Gasteiger partial charge in [0.1, 0.15) is 15.5 Å². The lowest BCUT2D eigenvalue weighted by Gasteiger charge is -2.16. The molecule has 0 aliphatic rings. The molecule has 0 heterocycles. The van der Waals surface area contributed by atoms with Crippen LogP contribution >= 0.6 is 0 Å². The molecule has 0 radical (unpaired) electrons. The second kappa shape index (κ2) is 11.0. The highest BCUT2D eigenvalue weighted by Gasteiger charge is 2.14. The van der Waals surface area contributed by atoms with Gasteiger partial charge in [0.25, 0.3) is 0 Å². The Morgan fingerprint density at radius 1 is 0.833 bits per heavy atom. The highest BCUT2D eigenvalue weighted by atomic mass is 32.2.